The number of benzene rings is 2. The molecule has 0 aliphatic rings. The maximum Gasteiger partial charge on any atom is 0.104 e. The molecule has 0 saturated heterocycles. The van der Waals surface area contributed by atoms with Crippen LogP contribution in [0.1, 0.15) is 29.7 Å². The Morgan fingerprint density at radius 3 is 2.41 bits per heavy atom. The third kappa shape index (κ3) is 2.51. The summed E-state index contributed by atoms with van der Waals surface area (Å²) in [4.78, 5) is 0. The van der Waals surface area contributed by atoms with Crippen LogP contribution in [-0.4, -0.2) is 5.11 Å². The van der Waals surface area contributed by atoms with Gasteiger partial charge in [-0.1, -0.05) is 61.0 Å². The minimum absolute atomic E-state index is 0.607. The first kappa shape index (κ1) is 12.2. The van der Waals surface area contributed by atoms with E-state index in [0.717, 1.165) is 28.1 Å². The highest BCUT2D eigenvalue weighted by atomic mass is 35.5. The van der Waals surface area contributed by atoms with Gasteiger partial charge in [-0.3, -0.25) is 0 Å². The zero-order chi connectivity index (χ0) is 12.3. The van der Waals surface area contributed by atoms with Gasteiger partial charge in [-0.25, -0.2) is 0 Å². The Morgan fingerprint density at radius 1 is 1.06 bits per heavy atom. The van der Waals surface area contributed by atoms with E-state index in [-0.39, 0.29) is 0 Å². The Hall–Kier alpha value is -1.31. The van der Waals surface area contributed by atoms with Crippen molar-refractivity contribution >= 4 is 11.6 Å². The summed E-state index contributed by atoms with van der Waals surface area (Å²) in [7, 11) is 0. The van der Waals surface area contributed by atoms with Crippen LogP contribution in [0.4, 0.5) is 0 Å². The Kier molecular flexibility index (Phi) is 3.82. The molecule has 1 unspecified atom stereocenters. The zero-order valence-electron chi connectivity index (χ0n) is 9.73. The average molecular weight is 247 g/mol. The van der Waals surface area contributed by atoms with Gasteiger partial charge in [0.15, 0.2) is 0 Å². The van der Waals surface area contributed by atoms with Crippen LogP contribution in [0.15, 0.2) is 48.5 Å². The van der Waals surface area contributed by atoms with Crippen molar-refractivity contribution in [2.75, 3.05) is 0 Å². The molecular formula is C15H15ClO. The molecule has 0 spiro atoms. The summed E-state index contributed by atoms with van der Waals surface area (Å²) in [6.45, 7) is 2.04. The third-order valence-electron chi connectivity index (χ3n) is 2.92. The fourth-order valence-corrected chi connectivity index (χ4v) is 2.33. The van der Waals surface area contributed by atoms with Gasteiger partial charge in [0.1, 0.15) is 6.10 Å². The first-order chi connectivity index (χ1) is 8.24. The topological polar surface area (TPSA) is 20.2 Å². The van der Waals surface area contributed by atoms with Gasteiger partial charge in [0.2, 0.25) is 0 Å². The van der Waals surface area contributed by atoms with Crippen LogP contribution >= 0.6 is 11.6 Å². The van der Waals surface area contributed by atoms with E-state index in [9.17, 15) is 5.11 Å². The molecule has 0 fully saturated rings. The van der Waals surface area contributed by atoms with Crippen LogP contribution in [0.5, 0.6) is 0 Å². The van der Waals surface area contributed by atoms with Gasteiger partial charge in [0.25, 0.3) is 0 Å². The molecule has 0 aromatic heterocycles. The Bertz CT molecular complexity index is 494. The molecule has 88 valence electrons. The molecular weight excluding hydrogens is 232 g/mol. The Balaban J connectivity index is 2.44. The monoisotopic (exact) mass is 246 g/mol. The number of aliphatic hydroxyl groups excluding tert-OH is 1. The van der Waals surface area contributed by atoms with Gasteiger partial charge in [-0.15, -0.1) is 0 Å². The van der Waals surface area contributed by atoms with E-state index in [4.69, 9.17) is 11.6 Å². The van der Waals surface area contributed by atoms with E-state index in [0.29, 0.717) is 0 Å². The number of rotatable bonds is 3. The van der Waals surface area contributed by atoms with Gasteiger partial charge in [0.05, 0.1) is 0 Å². The molecule has 0 radical (unpaired) electrons. The molecule has 0 aliphatic heterocycles. The van der Waals surface area contributed by atoms with Crippen molar-refractivity contribution in [2.24, 2.45) is 0 Å². The molecule has 17 heavy (non-hydrogen) atoms. The highest BCUT2D eigenvalue weighted by Gasteiger charge is 2.14. The van der Waals surface area contributed by atoms with Crippen molar-refractivity contribution < 1.29 is 5.11 Å². The van der Waals surface area contributed by atoms with Gasteiger partial charge < -0.3 is 5.11 Å². The van der Waals surface area contributed by atoms with E-state index in [2.05, 4.69) is 0 Å². The number of hydrogen-bond acceptors (Lipinski definition) is 1. The van der Waals surface area contributed by atoms with Crippen LogP contribution in [0.25, 0.3) is 0 Å². The van der Waals surface area contributed by atoms with Crippen molar-refractivity contribution in [3.05, 3.63) is 70.2 Å². The Morgan fingerprint density at radius 2 is 1.76 bits per heavy atom. The minimum atomic E-state index is -0.607. The van der Waals surface area contributed by atoms with Crippen LogP contribution in [0.2, 0.25) is 5.02 Å². The molecule has 0 bridgehead atoms. The van der Waals surface area contributed by atoms with Crippen LogP contribution < -0.4 is 0 Å². The number of aliphatic hydroxyl groups is 1. The predicted molar refractivity (Wildman–Crippen MR) is 71.3 cm³/mol. The molecule has 1 nitrogen and oxygen atoms in total. The zero-order valence-corrected chi connectivity index (χ0v) is 10.5. The normalized spacial score (nSPS) is 12.4. The SMILES string of the molecule is CCc1c(Cl)cccc1C(O)c1ccccc1. The molecule has 2 heteroatoms. The molecule has 0 aliphatic carbocycles. The highest BCUT2D eigenvalue weighted by Crippen LogP contribution is 2.29. The van der Waals surface area contributed by atoms with E-state index in [1.165, 1.54) is 0 Å². The molecule has 2 aromatic carbocycles. The summed E-state index contributed by atoms with van der Waals surface area (Å²) in [6.07, 6.45) is 0.212. The van der Waals surface area contributed by atoms with Crippen LogP contribution in [0.3, 0.4) is 0 Å². The van der Waals surface area contributed by atoms with E-state index >= 15 is 0 Å². The van der Waals surface area contributed by atoms with Crippen molar-refractivity contribution in [2.45, 2.75) is 19.4 Å². The lowest BCUT2D eigenvalue weighted by Crippen LogP contribution is -2.03. The van der Waals surface area contributed by atoms with Gasteiger partial charge in [0, 0.05) is 5.02 Å². The first-order valence-electron chi connectivity index (χ1n) is 5.74. The summed E-state index contributed by atoms with van der Waals surface area (Å²) in [5.41, 5.74) is 2.81. The van der Waals surface area contributed by atoms with Crippen molar-refractivity contribution in [1.29, 1.82) is 0 Å². The third-order valence-corrected chi connectivity index (χ3v) is 3.27. The Labute approximate surface area is 107 Å². The lowest BCUT2D eigenvalue weighted by molar-refractivity contribution is 0.219. The van der Waals surface area contributed by atoms with Gasteiger partial charge in [-0.2, -0.15) is 0 Å². The summed E-state index contributed by atoms with van der Waals surface area (Å²) in [5.74, 6) is 0. The molecule has 1 N–H and O–H groups in total. The van der Waals surface area contributed by atoms with Crippen molar-refractivity contribution in [3.8, 4) is 0 Å². The fourth-order valence-electron chi connectivity index (χ4n) is 2.02. The molecule has 0 saturated carbocycles. The van der Waals surface area contributed by atoms with E-state index in [1.54, 1.807) is 0 Å². The second-order valence-corrected chi connectivity index (χ2v) is 4.38. The lowest BCUT2D eigenvalue weighted by atomic mass is 9.95. The summed E-state index contributed by atoms with van der Waals surface area (Å²) >= 11 is 6.15. The van der Waals surface area contributed by atoms with Crippen molar-refractivity contribution in [3.63, 3.8) is 0 Å². The second kappa shape index (κ2) is 5.35. The fraction of sp³-hybridized carbons (Fsp3) is 0.200. The first-order valence-corrected chi connectivity index (χ1v) is 6.12. The smallest absolute Gasteiger partial charge is 0.104 e. The summed E-state index contributed by atoms with van der Waals surface area (Å²) in [6, 6.07) is 15.3. The average Bonchev–Trinajstić information content (AvgIpc) is 2.38. The molecule has 0 amide bonds. The number of halogens is 1. The molecule has 2 aromatic rings. The maximum atomic E-state index is 10.4. The standard InChI is InChI=1S/C15H15ClO/c1-2-12-13(9-6-10-14(12)16)15(17)11-7-4-3-5-8-11/h3-10,15,17H,2H2,1H3. The number of hydrogen-bond donors (Lipinski definition) is 1. The van der Waals surface area contributed by atoms with Crippen LogP contribution in [-0.2, 0) is 6.42 Å². The lowest BCUT2D eigenvalue weighted by Gasteiger charge is -2.16. The molecule has 2 rings (SSSR count). The summed E-state index contributed by atoms with van der Waals surface area (Å²) < 4.78 is 0. The second-order valence-electron chi connectivity index (χ2n) is 3.97. The predicted octanol–water partition coefficient (Wildman–Crippen LogP) is 3.98. The highest BCUT2D eigenvalue weighted by molar-refractivity contribution is 6.31. The van der Waals surface area contributed by atoms with Gasteiger partial charge in [-0.05, 0) is 29.2 Å². The summed E-state index contributed by atoms with van der Waals surface area (Å²) in [5, 5.41) is 11.1. The molecule has 0 heterocycles. The largest absolute Gasteiger partial charge is 0.384 e. The maximum absolute atomic E-state index is 10.4. The minimum Gasteiger partial charge on any atom is -0.384 e. The van der Waals surface area contributed by atoms with Gasteiger partial charge >= 0.3 is 0 Å². The molecule has 1 atom stereocenters. The quantitative estimate of drug-likeness (QED) is 0.869. The van der Waals surface area contributed by atoms with E-state index in [1.807, 2.05) is 55.5 Å². The van der Waals surface area contributed by atoms with E-state index < -0.39 is 6.10 Å². The van der Waals surface area contributed by atoms with Crippen LogP contribution in [0, 0.1) is 0 Å². The van der Waals surface area contributed by atoms with Crippen molar-refractivity contribution in [1.82, 2.24) is 0 Å².